The Hall–Kier alpha value is -0.960. The highest BCUT2D eigenvalue weighted by Gasteiger charge is 2.58. The van der Waals surface area contributed by atoms with Crippen molar-refractivity contribution in [3.05, 3.63) is 35.4 Å². The monoisotopic (exact) mass is 293 g/mol. The Morgan fingerprint density at radius 2 is 1.81 bits per heavy atom. The van der Waals surface area contributed by atoms with Crippen molar-refractivity contribution in [2.45, 2.75) is 63.8 Å². The summed E-state index contributed by atoms with van der Waals surface area (Å²) in [5, 5.41) is 3.53. The fourth-order valence-corrected chi connectivity index (χ4v) is 4.18. The molecule has 21 heavy (non-hydrogen) atoms. The van der Waals surface area contributed by atoms with Gasteiger partial charge in [-0.2, -0.15) is 0 Å². The summed E-state index contributed by atoms with van der Waals surface area (Å²) in [7, 11) is 0. The van der Waals surface area contributed by atoms with Crippen LogP contribution in [0.25, 0.3) is 0 Å². The second kappa shape index (κ2) is 4.77. The summed E-state index contributed by atoms with van der Waals surface area (Å²) in [6, 6.07) is 4.07. The van der Waals surface area contributed by atoms with Crippen molar-refractivity contribution in [2.75, 3.05) is 6.54 Å². The molecule has 1 aromatic carbocycles. The summed E-state index contributed by atoms with van der Waals surface area (Å²) in [5.41, 5.74) is 0.982. The fourth-order valence-electron chi connectivity index (χ4n) is 4.18. The first kappa shape index (κ1) is 15.0. The van der Waals surface area contributed by atoms with Gasteiger partial charge in [0.15, 0.2) is 0 Å². The standard InChI is InChI=1S/C18H25F2N/c1-16(2,3)21-12-18(10-17(11-18)7-4-8-17)14-6-5-13(19)9-15(14)20/h5-6,9,21H,4,7-8,10-12H2,1-3H3. The van der Waals surface area contributed by atoms with E-state index in [9.17, 15) is 8.78 Å². The van der Waals surface area contributed by atoms with Crippen LogP contribution in [-0.2, 0) is 5.41 Å². The molecule has 0 atom stereocenters. The molecule has 0 saturated heterocycles. The van der Waals surface area contributed by atoms with Crippen LogP contribution in [0.15, 0.2) is 18.2 Å². The molecule has 1 spiro atoms. The van der Waals surface area contributed by atoms with Gasteiger partial charge in [0.05, 0.1) is 0 Å². The SMILES string of the molecule is CC(C)(C)NCC1(c2ccc(F)cc2F)CC2(CCC2)C1. The summed E-state index contributed by atoms with van der Waals surface area (Å²) >= 11 is 0. The maximum atomic E-state index is 14.3. The predicted octanol–water partition coefficient (Wildman–Crippen LogP) is 4.55. The normalized spacial score (nSPS) is 22.7. The second-order valence-electron chi connectivity index (χ2n) is 8.22. The molecule has 0 amide bonds. The predicted molar refractivity (Wildman–Crippen MR) is 81.3 cm³/mol. The summed E-state index contributed by atoms with van der Waals surface area (Å²) in [5.74, 6) is -0.882. The lowest BCUT2D eigenvalue weighted by Crippen LogP contribution is -2.59. The highest BCUT2D eigenvalue weighted by Crippen LogP contribution is 2.65. The molecule has 0 bridgehead atoms. The van der Waals surface area contributed by atoms with Crippen molar-refractivity contribution in [3.63, 3.8) is 0 Å². The zero-order valence-electron chi connectivity index (χ0n) is 13.2. The van der Waals surface area contributed by atoms with Crippen molar-refractivity contribution in [1.29, 1.82) is 0 Å². The van der Waals surface area contributed by atoms with Crippen LogP contribution in [0.2, 0.25) is 0 Å². The quantitative estimate of drug-likeness (QED) is 0.861. The van der Waals surface area contributed by atoms with E-state index in [0.29, 0.717) is 11.0 Å². The van der Waals surface area contributed by atoms with E-state index in [1.54, 1.807) is 6.07 Å². The van der Waals surface area contributed by atoms with Crippen LogP contribution in [0.3, 0.4) is 0 Å². The van der Waals surface area contributed by atoms with Gasteiger partial charge in [-0.05, 0) is 63.5 Å². The zero-order valence-corrected chi connectivity index (χ0v) is 13.2. The molecule has 0 aromatic heterocycles. The number of nitrogens with one attached hydrogen (secondary N) is 1. The number of rotatable bonds is 3. The van der Waals surface area contributed by atoms with E-state index in [0.717, 1.165) is 25.5 Å². The largest absolute Gasteiger partial charge is 0.311 e. The fraction of sp³-hybridized carbons (Fsp3) is 0.667. The average molecular weight is 293 g/mol. The lowest BCUT2D eigenvalue weighted by atomic mass is 9.43. The first-order chi connectivity index (χ1) is 9.74. The maximum absolute atomic E-state index is 14.3. The summed E-state index contributed by atoms with van der Waals surface area (Å²) in [4.78, 5) is 0. The summed E-state index contributed by atoms with van der Waals surface area (Å²) in [6.07, 6.45) is 5.91. The highest BCUT2D eigenvalue weighted by atomic mass is 19.1. The topological polar surface area (TPSA) is 12.0 Å². The van der Waals surface area contributed by atoms with E-state index in [1.807, 2.05) is 0 Å². The molecule has 0 radical (unpaired) electrons. The summed E-state index contributed by atoms with van der Waals surface area (Å²) < 4.78 is 27.5. The third kappa shape index (κ3) is 2.73. The minimum atomic E-state index is -0.493. The third-order valence-electron chi connectivity index (χ3n) is 5.30. The molecule has 1 aromatic rings. The van der Waals surface area contributed by atoms with Gasteiger partial charge in [-0.3, -0.25) is 0 Å². The first-order valence-corrected chi connectivity index (χ1v) is 7.94. The zero-order chi connectivity index (χ0) is 15.3. The van der Waals surface area contributed by atoms with Crippen molar-refractivity contribution in [3.8, 4) is 0 Å². The number of halogens is 2. The van der Waals surface area contributed by atoms with E-state index < -0.39 is 5.82 Å². The maximum Gasteiger partial charge on any atom is 0.129 e. The van der Waals surface area contributed by atoms with Crippen molar-refractivity contribution in [1.82, 2.24) is 5.32 Å². The number of benzene rings is 1. The molecular formula is C18H25F2N. The van der Waals surface area contributed by atoms with E-state index >= 15 is 0 Å². The average Bonchev–Trinajstić information content (AvgIpc) is 2.26. The Kier molecular flexibility index (Phi) is 3.40. The van der Waals surface area contributed by atoms with Gasteiger partial charge in [0.1, 0.15) is 11.6 Å². The van der Waals surface area contributed by atoms with Gasteiger partial charge in [-0.15, -0.1) is 0 Å². The molecule has 1 N–H and O–H groups in total. The van der Waals surface area contributed by atoms with E-state index in [1.165, 1.54) is 25.3 Å². The van der Waals surface area contributed by atoms with Crippen LogP contribution in [0.5, 0.6) is 0 Å². The van der Waals surface area contributed by atoms with Gasteiger partial charge in [0.2, 0.25) is 0 Å². The van der Waals surface area contributed by atoms with E-state index in [4.69, 9.17) is 0 Å². The molecule has 2 saturated carbocycles. The second-order valence-corrected chi connectivity index (χ2v) is 8.22. The van der Waals surface area contributed by atoms with Gasteiger partial charge in [-0.1, -0.05) is 12.5 Å². The molecule has 116 valence electrons. The molecule has 0 heterocycles. The molecule has 3 rings (SSSR count). The number of hydrogen-bond acceptors (Lipinski definition) is 1. The van der Waals surface area contributed by atoms with Crippen LogP contribution in [-0.4, -0.2) is 12.1 Å². The molecule has 2 aliphatic rings. The Balaban J connectivity index is 1.86. The van der Waals surface area contributed by atoms with Gasteiger partial charge in [0, 0.05) is 23.6 Å². The van der Waals surface area contributed by atoms with Gasteiger partial charge < -0.3 is 5.32 Å². The van der Waals surface area contributed by atoms with Gasteiger partial charge >= 0.3 is 0 Å². The van der Waals surface area contributed by atoms with Crippen molar-refractivity contribution >= 4 is 0 Å². The minimum absolute atomic E-state index is 0.00583. The van der Waals surface area contributed by atoms with Gasteiger partial charge in [0.25, 0.3) is 0 Å². The molecule has 1 nitrogen and oxygen atoms in total. The molecule has 2 aliphatic carbocycles. The van der Waals surface area contributed by atoms with E-state index in [2.05, 4.69) is 26.1 Å². The minimum Gasteiger partial charge on any atom is -0.311 e. The lowest BCUT2D eigenvalue weighted by molar-refractivity contribution is -0.0517. The first-order valence-electron chi connectivity index (χ1n) is 7.94. The molecule has 3 heteroatoms. The smallest absolute Gasteiger partial charge is 0.129 e. The van der Waals surface area contributed by atoms with Crippen molar-refractivity contribution in [2.24, 2.45) is 5.41 Å². The summed E-state index contributed by atoms with van der Waals surface area (Å²) in [6.45, 7) is 7.14. The Labute approximate surface area is 126 Å². The van der Waals surface area contributed by atoms with Crippen LogP contribution in [0.4, 0.5) is 8.78 Å². The third-order valence-corrected chi connectivity index (χ3v) is 5.30. The van der Waals surface area contributed by atoms with Crippen LogP contribution >= 0.6 is 0 Å². The van der Waals surface area contributed by atoms with Gasteiger partial charge in [-0.25, -0.2) is 8.78 Å². The van der Waals surface area contributed by atoms with Crippen LogP contribution in [0.1, 0.15) is 58.4 Å². The molecule has 0 aliphatic heterocycles. The molecular weight excluding hydrogens is 268 g/mol. The molecule has 2 fully saturated rings. The van der Waals surface area contributed by atoms with Crippen molar-refractivity contribution < 1.29 is 8.78 Å². The Morgan fingerprint density at radius 3 is 2.29 bits per heavy atom. The molecule has 0 unspecified atom stereocenters. The van der Waals surface area contributed by atoms with Crippen LogP contribution in [0, 0.1) is 17.0 Å². The highest BCUT2D eigenvalue weighted by molar-refractivity contribution is 5.34. The Bertz CT molecular complexity index is 533. The Morgan fingerprint density at radius 1 is 1.14 bits per heavy atom. The van der Waals surface area contributed by atoms with Crippen LogP contribution < -0.4 is 5.32 Å². The number of hydrogen-bond donors (Lipinski definition) is 1. The lowest BCUT2D eigenvalue weighted by Gasteiger charge is -2.62. The van der Waals surface area contributed by atoms with E-state index in [-0.39, 0.29) is 16.8 Å².